The standard InChI is InChI=1S/C10H11FN6O/c11-8-7(1-2-14-9(8)17-12)10(18)15-4-6-3-13-5-16-6/h1-3,5H,4,12H2,(H,13,16)(H,14,17)(H,15,18). The van der Waals surface area contributed by atoms with Crippen molar-refractivity contribution in [2.45, 2.75) is 6.54 Å². The molecule has 0 aromatic carbocycles. The zero-order valence-electron chi connectivity index (χ0n) is 9.27. The van der Waals surface area contributed by atoms with Crippen molar-refractivity contribution in [3.05, 3.63) is 41.9 Å². The number of hydrogen-bond donors (Lipinski definition) is 4. The molecule has 2 rings (SSSR count). The monoisotopic (exact) mass is 250 g/mol. The SMILES string of the molecule is NNc1nccc(C(=O)NCc2cnc[nH]2)c1F. The first-order chi connectivity index (χ1) is 8.72. The molecular formula is C10H11FN6O. The van der Waals surface area contributed by atoms with E-state index in [2.05, 4.69) is 25.7 Å². The molecule has 8 heteroatoms. The molecule has 0 unspecified atom stereocenters. The number of rotatable bonds is 4. The Kier molecular flexibility index (Phi) is 3.49. The van der Waals surface area contributed by atoms with E-state index in [0.717, 1.165) is 5.69 Å². The van der Waals surface area contributed by atoms with Gasteiger partial charge in [0.05, 0.1) is 24.1 Å². The van der Waals surface area contributed by atoms with Gasteiger partial charge in [0.25, 0.3) is 5.91 Å². The van der Waals surface area contributed by atoms with Crippen LogP contribution in [-0.2, 0) is 6.54 Å². The number of amides is 1. The maximum absolute atomic E-state index is 13.7. The van der Waals surface area contributed by atoms with Crippen LogP contribution in [-0.4, -0.2) is 20.9 Å². The summed E-state index contributed by atoms with van der Waals surface area (Å²) < 4.78 is 13.7. The largest absolute Gasteiger partial charge is 0.347 e. The summed E-state index contributed by atoms with van der Waals surface area (Å²) in [6.07, 6.45) is 4.35. The molecule has 7 nitrogen and oxygen atoms in total. The van der Waals surface area contributed by atoms with E-state index in [1.54, 1.807) is 6.20 Å². The van der Waals surface area contributed by atoms with E-state index < -0.39 is 11.7 Å². The minimum Gasteiger partial charge on any atom is -0.347 e. The molecular weight excluding hydrogens is 239 g/mol. The van der Waals surface area contributed by atoms with Crippen LogP contribution in [0.25, 0.3) is 0 Å². The molecule has 2 heterocycles. The number of nitrogens with one attached hydrogen (secondary N) is 3. The number of nitrogens with zero attached hydrogens (tertiary/aromatic N) is 2. The van der Waals surface area contributed by atoms with Gasteiger partial charge in [-0.2, -0.15) is 0 Å². The third-order valence-electron chi connectivity index (χ3n) is 2.26. The summed E-state index contributed by atoms with van der Waals surface area (Å²) >= 11 is 0. The summed E-state index contributed by atoms with van der Waals surface area (Å²) in [6, 6.07) is 1.28. The van der Waals surface area contributed by atoms with Gasteiger partial charge in [0, 0.05) is 12.4 Å². The molecule has 18 heavy (non-hydrogen) atoms. The van der Waals surface area contributed by atoms with Crippen molar-refractivity contribution >= 4 is 11.7 Å². The molecule has 2 aromatic heterocycles. The first kappa shape index (κ1) is 12.0. The molecule has 0 aliphatic heterocycles. The molecule has 94 valence electrons. The van der Waals surface area contributed by atoms with Crippen molar-refractivity contribution < 1.29 is 9.18 Å². The number of aromatic amines is 1. The molecule has 0 fully saturated rings. The fraction of sp³-hybridized carbons (Fsp3) is 0.100. The van der Waals surface area contributed by atoms with Crippen LogP contribution < -0.4 is 16.6 Å². The predicted molar refractivity (Wildman–Crippen MR) is 61.8 cm³/mol. The second-order valence-electron chi connectivity index (χ2n) is 3.42. The minimum absolute atomic E-state index is 0.127. The number of halogens is 1. The molecule has 0 aliphatic carbocycles. The highest BCUT2D eigenvalue weighted by Gasteiger charge is 2.15. The van der Waals surface area contributed by atoms with Crippen molar-refractivity contribution in [2.75, 3.05) is 5.43 Å². The third kappa shape index (κ3) is 2.43. The van der Waals surface area contributed by atoms with Crippen LogP contribution in [0.3, 0.4) is 0 Å². The predicted octanol–water partition coefficient (Wildman–Crippen LogP) is 0.159. The Morgan fingerprint density at radius 3 is 3.06 bits per heavy atom. The van der Waals surface area contributed by atoms with Crippen LogP contribution >= 0.6 is 0 Å². The quantitative estimate of drug-likeness (QED) is 0.456. The first-order valence-corrected chi connectivity index (χ1v) is 5.09. The third-order valence-corrected chi connectivity index (χ3v) is 2.26. The van der Waals surface area contributed by atoms with Gasteiger partial charge in [0.1, 0.15) is 0 Å². The Balaban J connectivity index is 2.09. The van der Waals surface area contributed by atoms with Crippen LogP contribution in [0.15, 0.2) is 24.8 Å². The number of anilines is 1. The van der Waals surface area contributed by atoms with E-state index in [9.17, 15) is 9.18 Å². The lowest BCUT2D eigenvalue weighted by molar-refractivity contribution is 0.0946. The lowest BCUT2D eigenvalue weighted by Crippen LogP contribution is -2.25. The number of H-pyrrole nitrogens is 1. The number of nitrogen functional groups attached to an aromatic ring is 1. The van der Waals surface area contributed by atoms with Crippen molar-refractivity contribution in [3.8, 4) is 0 Å². The lowest BCUT2D eigenvalue weighted by Gasteiger charge is -2.07. The average molecular weight is 250 g/mol. The Hall–Kier alpha value is -2.48. The van der Waals surface area contributed by atoms with Crippen LogP contribution in [0.1, 0.15) is 16.1 Å². The second kappa shape index (κ2) is 5.23. The van der Waals surface area contributed by atoms with Gasteiger partial charge in [0.15, 0.2) is 11.6 Å². The molecule has 0 radical (unpaired) electrons. The van der Waals surface area contributed by atoms with E-state index in [1.807, 2.05) is 0 Å². The fourth-order valence-electron chi connectivity index (χ4n) is 1.37. The molecule has 1 amide bonds. The molecule has 0 saturated carbocycles. The highest BCUT2D eigenvalue weighted by atomic mass is 19.1. The average Bonchev–Trinajstić information content (AvgIpc) is 2.89. The Morgan fingerprint density at radius 2 is 2.39 bits per heavy atom. The summed E-state index contributed by atoms with van der Waals surface area (Å²) in [5.74, 6) is 3.55. The summed E-state index contributed by atoms with van der Waals surface area (Å²) in [6.45, 7) is 0.228. The smallest absolute Gasteiger partial charge is 0.254 e. The minimum atomic E-state index is -0.790. The number of nitrogens with two attached hydrogens (primary N) is 1. The van der Waals surface area contributed by atoms with Gasteiger partial charge in [-0.05, 0) is 6.07 Å². The van der Waals surface area contributed by atoms with Crippen molar-refractivity contribution in [1.29, 1.82) is 0 Å². The number of carbonyl (C=O) groups is 1. The van der Waals surface area contributed by atoms with Gasteiger partial charge in [-0.15, -0.1) is 0 Å². The Morgan fingerprint density at radius 1 is 1.56 bits per heavy atom. The number of pyridine rings is 1. The zero-order chi connectivity index (χ0) is 13.0. The lowest BCUT2D eigenvalue weighted by atomic mass is 10.2. The fourth-order valence-corrected chi connectivity index (χ4v) is 1.37. The van der Waals surface area contributed by atoms with Crippen LogP contribution in [0, 0.1) is 5.82 Å². The molecule has 0 atom stereocenters. The number of hydrogen-bond acceptors (Lipinski definition) is 5. The number of carbonyl (C=O) groups excluding carboxylic acids is 1. The number of hydrazine groups is 1. The molecule has 2 aromatic rings. The van der Waals surface area contributed by atoms with E-state index in [4.69, 9.17) is 5.84 Å². The van der Waals surface area contributed by atoms with Gasteiger partial charge in [-0.25, -0.2) is 20.2 Å². The van der Waals surface area contributed by atoms with Crippen LogP contribution in [0.5, 0.6) is 0 Å². The topological polar surface area (TPSA) is 109 Å². The molecule has 0 aliphatic rings. The Labute approximate surface area is 102 Å². The summed E-state index contributed by atoms with van der Waals surface area (Å²) in [7, 11) is 0. The number of aromatic nitrogens is 3. The van der Waals surface area contributed by atoms with Crippen LogP contribution in [0.2, 0.25) is 0 Å². The van der Waals surface area contributed by atoms with Crippen molar-refractivity contribution in [2.24, 2.45) is 5.84 Å². The molecule has 0 bridgehead atoms. The molecule has 0 spiro atoms. The summed E-state index contributed by atoms with van der Waals surface area (Å²) in [5.41, 5.74) is 2.67. The van der Waals surface area contributed by atoms with Crippen molar-refractivity contribution in [1.82, 2.24) is 20.3 Å². The van der Waals surface area contributed by atoms with E-state index in [0.29, 0.717) is 0 Å². The van der Waals surface area contributed by atoms with E-state index >= 15 is 0 Å². The van der Waals surface area contributed by atoms with Gasteiger partial charge in [-0.1, -0.05) is 0 Å². The maximum atomic E-state index is 13.7. The second-order valence-corrected chi connectivity index (χ2v) is 3.42. The number of imidazole rings is 1. The maximum Gasteiger partial charge on any atom is 0.254 e. The highest BCUT2D eigenvalue weighted by molar-refractivity contribution is 5.95. The summed E-state index contributed by atoms with van der Waals surface area (Å²) in [5, 5.41) is 2.55. The normalized spacial score (nSPS) is 10.1. The van der Waals surface area contributed by atoms with Gasteiger partial charge in [0.2, 0.25) is 0 Å². The van der Waals surface area contributed by atoms with Gasteiger partial charge < -0.3 is 15.7 Å². The van der Waals surface area contributed by atoms with Gasteiger partial charge >= 0.3 is 0 Å². The molecule has 5 N–H and O–H groups in total. The first-order valence-electron chi connectivity index (χ1n) is 5.09. The summed E-state index contributed by atoms with van der Waals surface area (Å²) in [4.78, 5) is 22.0. The van der Waals surface area contributed by atoms with Crippen molar-refractivity contribution in [3.63, 3.8) is 0 Å². The highest BCUT2D eigenvalue weighted by Crippen LogP contribution is 2.13. The van der Waals surface area contributed by atoms with E-state index in [-0.39, 0.29) is 17.9 Å². The van der Waals surface area contributed by atoms with Gasteiger partial charge in [-0.3, -0.25) is 4.79 Å². The zero-order valence-corrected chi connectivity index (χ0v) is 9.27. The van der Waals surface area contributed by atoms with E-state index in [1.165, 1.54) is 18.6 Å². The van der Waals surface area contributed by atoms with Crippen LogP contribution in [0.4, 0.5) is 10.2 Å². The Bertz CT molecular complexity index is 541. The molecule has 0 saturated heterocycles.